The van der Waals surface area contributed by atoms with Crippen LogP contribution in [0.15, 0.2) is 53.5 Å². The van der Waals surface area contributed by atoms with Crippen LogP contribution in [-0.2, 0) is 13.1 Å². The molecule has 2 aromatic rings. The van der Waals surface area contributed by atoms with Crippen LogP contribution in [0, 0.1) is 0 Å². The largest absolute Gasteiger partial charge is 0.378 e. The minimum atomic E-state index is 0.636. The van der Waals surface area contributed by atoms with Gasteiger partial charge in [0.05, 0.1) is 0 Å². The van der Waals surface area contributed by atoms with Gasteiger partial charge in [0.2, 0.25) is 0 Å². The Morgan fingerprint density at radius 3 is 2.48 bits per heavy atom. The first-order chi connectivity index (χ1) is 11.1. The van der Waals surface area contributed by atoms with E-state index in [0.717, 1.165) is 16.5 Å². The van der Waals surface area contributed by atoms with E-state index in [1.807, 2.05) is 38.4 Å². The Bertz CT molecular complexity index is 668. The minimum Gasteiger partial charge on any atom is -0.378 e. The van der Waals surface area contributed by atoms with Crippen LogP contribution >= 0.6 is 11.6 Å². The Morgan fingerprint density at radius 1 is 1.04 bits per heavy atom. The second kappa shape index (κ2) is 8.44. The average Bonchev–Trinajstić information content (AvgIpc) is 2.56. The van der Waals surface area contributed by atoms with Crippen molar-refractivity contribution in [3.63, 3.8) is 0 Å². The molecule has 0 heterocycles. The number of hydrogen-bond donors (Lipinski definition) is 2. The van der Waals surface area contributed by atoms with Gasteiger partial charge < -0.3 is 15.5 Å². The summed E-state index contributed by atoms with van der Waals surface area (Å²) in [4.78, 5) is 6.34. The van der Waals surface area contributed by atoms with Crippen LogP contribution in [0.5, 0.6) is 0 Å². The Hall–Kier alpha value is -2.20. The molecule has 4 nitrogen and oxygen atoms in total. The Morgan fingerprint density at radius 2 is 1.78 bits per heavy atom. The van der Waals surface area contributed by atoms with Crippen molar-refractivity contribution in [2.45, 2.75) is 13.1 Å². The third-order valence-electron chi connectivity index (χ3n) is 3.51. The normalized spacial score (nSPS) is 11.2. The Balaban J connectivity index is 1.91. The van der Waals surface area contributed by atoms with Gasteiger partial charge in [0.25, 0.3) is 0 Å². The molecule has 2 rings (SSSR count). The molecule has 0 unspecified atom stereocenters. The zero-order valence-electron chi connectivity index (χ0n) is 13.8. The predicted molar refractivity (Wildman–Crippen MR) is 99.3 cm³/mol. The summed E-state index contributed by atoms with van der Waals surface area (Å²) < 4.78 is 0. The van der Waals surface area contributed by atoms with E-state index in [-0.39, 0.29) is 0 Å². The van der Waals surface area contributed by atoms with E-state index in [9.17, 15) is 0 Å². The number of guanidine groups is 1. The molecular formula is C18H23ClN4. The highest BCUT2D eigenvalue weighted by Gasteiger charge is 2.03. The monoisotopic (exact) mass is 330 g/mol. The highest BCUT2D eigenvalue weighted by molar-refractivity contribution is 6.31. The average molecular weight is 331 g/mol. The van der Waals surface area contributed by atoms with Crippen LogP contribution in [0.25, 0.3) is 0 Å². The van der Waals surface area contributed by atoms with Gasteiger partial charge >= 0.3 is 0 Å². The molecule has 0 aromatic heterocycles. The summed E-state index contributed by atoms with van der Waals surface area (Å²) in [6.45, 7) is 1.35. The number of nitrogens with zero attached hydrogens (tertiary/aromatic N) is 2. The van der Waals surface area contributed by atoms with E-state index in [1.54, 1.807) is 7.05 Å². The molecule has 0 aliphatic carbocycles. The molecule has 0 fully saturated rings. The first-order valence-electron chi connectivity index (χ1n) is 7.54. The van der Waals surface area contributed by atoms with Crippen molar-refractivity contribution >= 4 is 23.2 Å². The van der Waals surface area contributed by atoms with Crippen molar-refractivity contribution in [3.8, 4) is 0 Å². The fraction of sp³-hybridized carbons (Fsp3) is 0.278. The summed E-state index contributed by atoms with van der Waals surface area (Å²) in [5.74, 6) is 0.750. The molecular weight excluding hydrogens is 308 g/mol. The van der Waals surface area contributed by atoms with Crippen LogP contribution in [-0.4, -0.2) is 27.1 Å². The molecule has 0 aliphatic rings. The third kappa shape index (κ3) is 5.18. The quantitative estimate of drug-likeness (QED) is 0.653. The molecule has 2 aromatic carbocycles. The topological polar surface area (TPSA) is 39.7 Å². The predicted octanol–water partition coefficient (Wildman–Crippen LogP) is 3.27. The SMILES string of the molecule is CN=C(NCc1cccc(N(C)C)c1)NCc1ccccc1Cl. The zero-order valence-corrected chi connectivity index (χ0v) is 14.6. The molecule has 0 radical (unpaired) electrons. The standard InChI is InChI=1S/C18H23ClN4/c1-20-18(22-13-15-8-4-5-10-17(15)19)21-12-14-7-6-9-16(11-14)23(2)3/h4-11H,12-13H2,1-3H3,(H2,20,21,22). The lowest BCUT2D eigenvalue weighted by atomic mass is 10.2. The fourth-order valence-electron chi connectivity index (χ4n) is 2.17. The van der Waals surface area contributed by atoms with E-state index < -0.39 is 0 Å². The molecule has 0 atom stereocenters. The molecule has 0 spiro atoms. The van der Waals surface area contributed by atoms with Gasteiger partial charge in [-0.2, -0.15) is 0 Å². The number of rotatable bonds is 5. The lowest BCUT2D eigenvalue weighted by molar-refractivity contribution is 0.809. The van der Waals surface area contributed by atoms with Gasteiger partial charge in [-0.1, -0.05) is 41.9 Å². The van der Waals surface area contributed by atoms with Gasteiger partial charge in [0.1, 0.15) is 0 Å². The number of benzene rings is 2. The van der Waals surface area contributed by atoms with Gasteiger partial charge in [-0.05, 0) is 29.3 Å². The van der Waals surface area contributed by atoms with E-state index in [0.29, 0.717) is 13.1 Å². The molecule has 0 bridgehead atoms. The van der Waals surface area contributed by atoms with Crippen molar-refractivity contribution in [1.29, 1.82) is 0 Å². The van der Waals surface area contributed by atoms with Crippen molar-refractivity contribution in [2.75, 3.05) is 26.0 Å². The molecule has 0 saturated carbocycles. The first kappa shape index (κ1) is 17.2. The van der Waals surface area contributed by atoms with Gasteiger partial charge in [0, 0.05) is 44.9 Å². The molecule has 5 heteroatoms. The molecule has 0 saturated heterocycles. The number of nitrogens with one attached hydrogen (secondary N) is 2. The summed E-state index contributed by atoms with van der Waals surface area (Å²) in [5.41, 5.74) is 3.44. The second-order valence-electron chi connectivity index (χ2n) is 5.44. The van der Waals surface area contributed by atoms with Crippen LogP contribution in [0.2, 0.25) is 5.02 Å². The van der Waals surface area contributed by atoms with Gasteiger partial charge in [-0.25, -0.2) is 0 Å². The van der Waals surface area contributed by atoms with Crippen molar-refractivity contribution in [1.82, 2.24) is 10.6 Å². The second-order valence-corrected chi connectivity index (χ2v) is 5.84. The van der Waals surface area contributed by atoms with E-state index in [2.05, 4.69) is 44.8 Å². The van der Waals surface area contributed by atoms with Crippen LogP contribution < -0.4 is 15.5 Å². The van der Waals surface area contributed by atoms with E-state index >= 15 is 0 Å². The third-order valence-corrected chi connectivity index (χ3v) is 3.88. The van der Waals surface area contributed by atoms with E-state index in [4.69, 9.17) is 11.6 Å². The minimum absolute atomic E-state index is 0.636. The van der Waals surface area contributed by atoms with Crippen molar-refractivity contribution in [2.24, 2.45) is 4.99 Å². The fourth-order valence-corrected chi connectivity index (χ4v) is 2.37. The molecule has 0 amide bonds. The number of aliphatic imine (C=N–C) groups is 1. The molecule has 2 N–H and O–H groups in total. The molecule has 0 aliphatic heterocycles. The van der Waals surface area contributed by atoms with Gasteiger partial charge in [0.15, 0.2) is 5.96 Å². The highest BCUT2D eigenvalue weighted by Crippen LogP contribution is 2.14. The van der Waals surface area contributed by atoms with Crippen LogP contribution in [0.1, 0.15) is 11.1 Å². The number of hydrogen-bond acceptors (Lipinski definition) is 2. The van der Waals surface area contributed by atoms with Crippen LogP contribution in [0.4, 0.5) is 5.69 Å². The Kier molecular flexibility index (Phi) is 6.29. The molecule has 23 heavy (non-hydrogen) atoms. The number of anilines is 1. The smallest absolute Gasteiger partial charge is 0.191 e. The maximum Gasteiger partial charge on any atom is 0.191 e. The summed E-state index contributed by atoms with van der Waals surface area (Å²) in [5, 5.41) is 7.36. The van der Waals surface area contributed by atoms with Crippen LogP contribution in [0.3, 0.4) is 0 Å². The van der Waals surface area contributed by atoms with Gasteiger partial charge in [-0.3, -0.25) is 4.99 Å². The zero-order chi connectivity index (χ0) is 16.7. The van der Waals surface area contributed by atoms with Gasteiger partial charge in [-0.15, -0.1) is 0 Å². The lowest BCUT2D eigenvalue weighted by Gasteiger charge is -2.15. The maximum atomic E-state index is 6.17. The maximum absolute atomic E-state index is 6.17. The summed E-state index contributed by atoms with van der Waals surface area (Å²) in [7, 11) is 5.84. The summed E-state index contributed by atoms with van der Waals surface area (Å²) in [6, 6.07) is 16.2. The summed E-state index contributed by atoms with van der Waals surface area (Å²) in [6.07, 6.45) is 0. The summed E-state index contributed by atoms with van der Waals surface area (Å²) >= 11 is 6.17. The lowest BCUT2D eigenvalue weighted by Crippen LogP contribution is -2.36. The van der Waals surface area contributed by atoms with Crippen molar-refractivity contribution in [3.05, 3.63) is 64.7 Å². The van der Waals surface area contributed by atoms with Crippen molar-refractivity contribution < 1.29 is 0 Å². The van der Waals surface area contributed by atoms with E-state index in [1.165, 1.54) is 11.3 Å². The molecule has 122 valence electrons. The number of halogens is 1. The Labute approximate surface area is 143 Å². The first-order valence-corrected chi connectivity index (χ1v) is 7.92. The highest BCUT2D eigenvalue weighted by atomic mass is 35.5.